The third-order valence-electron chi connectivity index (χ3n) is 5.28. The van der Waals surface area contributed by atoms with E-state index >= 15 is 0 Å². The average Bonchev–Trinajstić information content (AvgIpc) is 3.26. The summed E-state index contributed by atoms with van der Waals surface area (Å²) < 4.78 is 20.4. The highest BCUT2D eigenvalue weighted by molar-refractivity contribution is 7.18. The Kier molecular flexibility index (Phi) is 7.43. The van der Waals surface area contributed by atoms with Gasteiger partial charge in [0.25, 0.3) is 5.91 Å². The standard InChI is InChI=1S/C25H22ClFN2O4S/c1-29-12-21(24(32)28-11-15-2-6-17(26)7-3-15)23(31)20-10-19(34-25(20)29)13-33-14-22(30)16-4-8-18(27)9-5-16/h2-10,12,22,30H,11,13-14H2,1H3,(H,28,32)/t22-/m0/s1. The number of rotatable bonds is 8. The molecular weight excluding hydrogens is 479 g/mol. The number of aromatic nitrogens is 1. The van der Waals surface area contributed by atoms with Crippen LogP contribution in [0.4, 0.5) is 4.39 Å². The van der Waals surface area contributed by atoms with Crippen molar-refractivity contribution in [1.82, 2.24) is 9.88 Å². The fourth-order valence-electron chi connectivity index (χ4n) is 3.48. The minimum Gasteiger partial charge on any atom is -0.386 e. The Morgan fingerprint density at radius 3 is 2.62 bits per heavy atom. The van der Waals surface area contributed by atoms with Crippen molar-refractivity contribution >= 4 is 39.1 Å². The van der Waals surface area contributed by atoms with Crippen LogP contribution in [0.25, 0.3) is 10.2 Å². The molecule has 2 N–H and O–H groups in total. The van der Waals surface area contributed by atoms with Crippen LogP contribution in [0.2, 0.25) is 5.02 Å². The van der Waals surface area contributed by atoms with Gasteiger partial charge in [0, 0.05) is 29.7 Å². The first-order valence-electron chi connectivity index (χ1n) is 10.5. The van der Waals surface area contributed by atoms with Crippen LogP contribution < -0.4 is 10.7 Å². The number of halogens is 2. The highest BCUT2D eigenvalue weighted by atomic mass is 35.5. The number of aliphatic hydroxyl groups excluding tert-OH is 1. The van der Waals surface area contributed by atoms with Crippen molar-refractivity contribution in [3.05, 3.63) is 103 Å². The smallest absolute Gasteiger partial charge is 0.257 e. The van der Waals surface area contributed by atoms with Crippen LogP contribution in [0, 0.1) is 5.82 Å². The monoisotopic (exact) mass is 500 g/mol. The molecule has 0 saturated heterocycles. The SMILES string of the molecule is Cn1cc(C(=O)NCc2ccc(Cl)cc2)c(=O)c2cc(COC[C@H](O)c3ccc(F)cc3)sc21. The minimum absolute atomic E-state index is 0.0224. The molecule has 0 bridgehead atoms. The van der Waals surface area contributed by atoms with Gasteiger partial charge in [0.05, 0.1) is 18.6 Å². The Morgan fingerprint density at radius 1 is 1.21 bits per heavy atom. The van der Waals surface area contributed by atoms with E-state index < -0.39 is 12.0 Å². The number of nitrogens with zero attached hydrogens (tertiary/aromatic N) is 1. The number of fused-ring (bicyclic) bond motifs is 1. The lowest BCUT2D eigenvalue weighted by atomic mass is 10.1. The highest BCUT2D eigenvalue weighted by Crippen LogP contribution is 2.25. The number of ether oxygens (including phenoxy) is 1. The topological polar surface area (TPSA) is 80.6 Å². The summed E-state index contributed by atoms with van der Waals surface area (Å²) in [5.41, 5.74) is 1.13. The third-order valence-corrected chi connectivity index (χ3v) is 6.73. The van der Waals surface area contributed by atoms with E-state index in [0.717, 1.165) is 15.3 Å². The highest BCUT2D eigenvalue weighted by Gasteiger charge is 2.17. The second-order valence-corrected chi connectivity index (χ2v) is 9.36. The van der Waals surface area contributed by atoms with Gasteiger partial charge in [-0.15, -0.1) is 11.3 Å². The fraction of sp³-hybridized carbons (Fsp3) is 0.200. The summed E-state index contributed by atoms with van der Waals surface area (Å²) in [7, 11) is 1.77. The number of hydrogen-bond donors (Lipinski definition) is 2. The summed E-state index contributed by atoms with van der Waals surface area (Å²) in [6.07, 6.45) is 0.637. The average molecular weight is 501 g/mol. The number of pyridine rings is 1. The minimum atomic E-state index is -0.892. The van der Waals surface area contributed by atoms with E-state index in [9.17, 15) is 19.1 Å². The molecular formula is C25H22ClFN2O4S. The van der Waals surface area contributed by atoms with Crippen molar-refractivity contribution in [2.75, 3.05) is 6.61 Å². The maximum Gasteiger partial charge on any atom is 0.257 e. The predicted molar refractivity (Wildman–Crippen MR) is 131 cm³/mol. The Labute approximate surface area is 204 Å². The van der Waals surface area contributed by atoms with E-state index in [0.29, 0.717) is 16.0 Å². The van der Waals surface area contributed by atoms with Gasteiger partial charge >= 0.3 is 0 Å². The van der Waals surface area contributed by atoms with E-state index in [-0.39, 0.29) is 36.6 Å². The number of thiophene rings is 1. The predicted octanol–water partition coefficient (Wildman–Crippen LogP) is 4.57. The summed E-state index contributed by atoms with van der Waals surface area (Å²) in [6.45, 7) is 0.486. The second kappa shape index (κ2) is 10.5. The first-order chi connectivity index (χ1) is 16.3. The molecule has 4 rings (SSSR count). The lowest BCUT2D eigenvalue weighted by Crippen LogP contribution is -2.29. The molecule has 1 amide bonds. The molecule has 0 fully saturated rings. The zero-order chi connectivity index (χ0) is 24.2. The molecule has 2 heterocycles. The van der Waals surface area contributed by atoms with Gasteiger partial charge < -0.3 is 19.7 Å². The molecule has 6 nitrogen and oxygen atoms in total. The van der Waals surface area contributed by atoms with E-state index in [1.807, 2.05) is 12.1 Å². The van der Waals surface area contributed by atoms with Gasteiger partial charge in [-0.1, -0.05) is 35.9 Å². The summed E-state index contributed by atoms with van der Waals surface area (Å²) in [6, 6.07) is 14.4. The second-order valence-electron chi connectivity index (χ2n) is 7.81. The quantitative estimate of drug-likeness (QED) is 0.371. The third kappa shape index (κ3) is 5.53. The molecule has 34 heavy (non-hydrogen) atoms. The van der Waals surface area contributed by atoms with Crippen LogP contribution in [-0.2, 0) is 24.9 Å². The van der Waals surface area contributed by atoms with Crippen molar-refractivity contribution in [3.63, 3.8) is 0 Å². The number of hydrogen-bond acceptors (Lipinski definition) is 5. The van der Waals surface area contributed by atoms with Crippen LogP contribution in [0.3, 0.4) is 0 Å². The molecule has 0 saturated carbocycles. The van der Waals surface area contributed by atoms with Crippen LogP contribution in [0.15, 0.2) is 65.6 Å². The van der Waals surface area contributed by atoms with Crippen LogP contribution in [0.1, 0.15) is 32.5 Å². The van der Waals surface area contributed by atoms with Gasteiger partial charge in [-0.2, -0.15) is 0 Å². The Morgan fingerprint density at radius 2 is 1.91 bits per heavy atom. The van der Waals surface area contributed by atoms with Gasteiger partial charge in [0.1, 0.15) is 22.3 Å². The Hall–Kier alpha value is -3.04. The summed E-state index contributed by atoms with van der Waals surface area (Å²) >= 11 is 7.26. The molecule has 176 valence electrons. The largest absolute Gasteiger partial charge is 0.386 e. The Bertz CT molecular complexity index is 1370. The lowest BCUT2D eigenvalue weighted by molar-refractivity contribution is 0.0287. The molecule has 2 aromatic carbocycles. The first-order valence-corrected chi connectivity index (χ1v) is 11.7. The maximum absolute atomic E-state index is 13.0. The number of nitrogens with one attached hydrogen (secondary N) is 1. The van der Waals surface area contributed by atoms with Crippen molar-refractivity contribution in [2.45, 2.75) is 19.3 Å². The van der Waals surface area contributed by atoms with Crippen molar-refractivity contribution in [1.29, 1.82) is 0 Å². The number of carbonyl (C=O) groups excluding carboxylic acids is 1. The van der Waals surface area contributed by atoms with Gasteiger partial charge in [-0.3, -0.25) is 9.59 Å². The van der Waals surface area contributed by atoms with E-state index in [2.05, 4.69) is 5.32 Å². The van der Waals surface area contributed by atoms with Gasteiger partial charge in [0.15, 0.2) is 0 Å². The summed E-state index contributed by atoms with van der Waals surface area (Å²) in [5.74, 6) is -0.828. The number of amides is 1. The fourth-order valence-corrected chi connectivity index (χ4v) is 4.63. The van der Waals surface area contributed by atoms with E-state index in [4.69, 9.17) is 16.3 Å². The Balaban J connectivity index is 1.43. The van der Waals surface area contributed by atoms with E-state index in [1.54, 1.807) is 29.8 Å². The molecule has 1 atom stereocenters. The van der Waals surface area contributed by atoms with Crippen molar-refractivity contribution in [3.8, 4) is 0 Å². The number of carbonyl (C=O) groups is 1. The zero-order valence-electron chi connectivity index (χ0n) is 18.3. The molecule has 2 aromatic heterocycles. The molecule has 9 heteroatoms. The number of benzene rings is 2. The zero-order valence-corrected chi connectivity index (χ0v) is 19.8. The molecule has 0 unspecified atom stereocenters. The molecule has 0 aliphatic rings. The molecule has 0 aliphatic heterocycles. The van der Waals surface area contributed by atoms with Crippen molar-refractivity contribution in [2.24, 2.45) is 7.05 Å². The van der Waals surface area contributed by atoms with Crippen molar-refractivity contribution < 1.29 is 19.0 Å². The molecule has 4 aromatic rings. The number of aliphatic hydroxyl groups is 1. The summed E-state index contributed by atoms with van der Waals surface area (Å²) in [4.78, 5) is 27.2. The maximum atomic E-state index is 13.0. The van der Waals surface area contributed by atoms with Gasteiger partial charge in [-0.25, -0.2) is 4.39 Å². The van der Waals surface area contributed by atoms with Crippen LogP contribution in [-0.4, -0.2) is 22.2 Å². The van der Waals surface area contributed by atoms with Gasteiger partial charge in [-0.05, 0) is 41.5 Å². The summed E-state index contributed by atoms with van der Waals surface area (Å²) in [5, 5.41) is 14.0. The molecule has 0 aliphatic carbocycles. The number of aryl methyl sites for hydroxylation is 1. The lowest BCUT2D eigenvalue weighted by Gasteiger charge is -2.11. The van der Waals surface area contributed by atoms with Crippen LogP contribution >= 0.6 is 22.9 Å². The van der Waals surface area contributed by atoms with Crippen LogP contribution in [0.5, 0.6) is 0 Å². The molecule has 0 spiro atoms. The normalized spacial score (nSPS) is 12.1. The first kappa shape index (κ1) is 24.1. The van der Waals surface area contributed by atoms with E-state index in [1.165, 1.54) is 41.8 Å². The van der Waals surface area contributed by atoms with Gasteiger partial charge in [0.2, 0.25) is 5.43 Å². The molecule has 0 radical (unpaired) electrons.